The van der Waals surface area contributed by atoms with Gasteiger partial charge in [0.2, 0.25) is 0 Å². The first-order valence-electron chi connectivity index (χ1n) is 3.90. The molecule has 1 heterocycles. The Morgan fingerprint density at radius 2 is 2.07 bits per heavy atom. The van der Waals surface area contributed by atoms with Gasteiger partial charge in [0.25, 0.3) is 0 Å². The van der Waals surface area contributed by atoms with Crippen molar-refractivity contribution in [1.29, 1.82) is 0 Å². The highest BCUT2D eigenvalue weighted by molar-refractivity contribution is 7.23. The molecule has 5 heteroatoms. The zero-order valence-corrected chi connectivity index (χ0v) is 7.97. The monoisotopic (exact) mass is 208 g/mol. The zero-order chi connectivity index (χ0) is 10.3. The molecule has 0 bridgehead atoms. The smallest absolute Gasteiger partial charge is 0.339 e. The van der Waals surface area contributed by atoms with Gasteiger partial charge in [-0.2, -0.15) is 0 Å². The maximum Gasteiger partial charge on any atom is 0.339 e. The highest BCUT2D eigenvalue weighted by Crippen LogP contribution is 2.34. The summed E-state index contributed by atoms with van der Waals surface area (Å²) in [6.45, 7) is 0. The summed E-state index contributed by atoms with van der Waals surface area (Å²) in [4.78, 5) is 10.9. The minimum atomic E-state index is -1.00. The topological polar surface area (TPSA) is 89.3 Å². The number of nitrogens with two attached hydrogens (primary N) is 2. The quantitative estimate of drug-likeness (QED) is 0.623. The molecule has 0 aliphatic rings. The normalized spacial score (nSPS) is 10.6. The Kier molecular flexibility index (Phi) is 1.82. The van der Waals surface area contributed by atoms with Crippen molar-refractivity contribution in [2.45, 2.75) is 0 Å². The van der Waals surface area contributed by atoms with Crippen molar-refractivity contribution in [3.05, 3.63) is 23.8 Å². The fourth-order valence-electron chi connectivity index (χ4n) is 1.35. The first-order valence-corrected chi connectivity index (χ1v) is 4.72. The van der Waals surface area contributed by atoms with E-state index < -0.39 is 5.97 Å². The fraction of sp³-hybridized carbons (Fsp3) is 0. The van der Waals surface area contributed by atoms with E-state index >= 15 is 0 Å². The van der Waals surface area contributed by atoms with Gasteiger partial charge in [-0.15, -0.1) is 11.3 Å². The first-order chi connectivity index (χ1) is 6.59. The predicted molar refractivity (Wildman–Crippen MR) is 57.6 cm³/mol. The molecule has 0 saturated heterocycles. The van der Waals surface area contributed by atoms with E-state index in [0.717, 1.165) is 4.70 Å². The Hall–Kier alpha value is -1.75. The van der Waals surface area contributed by atoms with Gasteiger partial charge in [0.15, 0.2) is 0 Å². The zero-order valence-electron chi connectivity index (χ0n) is 7.15. The lowest BCUT2D eigenvalue weighted by molar-refractivity contribution is 0.0700. The molecule has 14 heavy (non-hydrogen) atoms. The standard InChI is InChI=1S/C9H8N2O2S/c10-4-1-2-5-6(3-4)14-8(11)7(5)9(12)13/h1-3H,10-11H2,(H,12,13). The number of carboxylic acid groups (broad SMARTS) is 1. The van der Waals surface area contributed by atoms with E-state index in [9.17, 15) is 4.79 Å². The molecule has 0 fully saturated rings. The third kappa shape index (κ3) is 1.18. The second kappa shape index (κ2) is 2.88. The summed E-state index contributed by atoms with van der Waals surface area (Å²) < 4.78 is 0.805. The van der Waals surface area contributed by atoms with Crippen molar-refractivity contribution in [3.63, 3.8) is 0 Å². The molecule has 0 aliphatic heterocycles. The Labute approximate surface area is 83.8 Å². The average molecular weight is 208 g/mol. The molecule has 72 valence electrons. The van der Waals surface area contributed by atoms with E-state index in [-0.39, 0.29) is 5.56 Å². The third-order valence-electron chi connectivity index (χ3n) is 1.96. The van der Waals surface area contributed by atoms with Crippen molar-refractivity contribution in [1.82, 2.24) is 0 Å². The van der Waals surface area contributed by atoms with Crippen molar-refractivity contribution in [2.75, 3.05) is 11.5 Å². The number of carboxylic acids is 1. The van der Waals surface area contributed by atoms with Gasteiger partial charge in [0.05, 0.1) is 0 Å². The molecule has 0 saturated carbocycles. The van der Waals surface area contributed by atoms with Crippen LogP contribution in [0.15, 0.2) is 18.2 Å². The largest absolute Gasteiger partial charge is 0.478 e. The van der Waals surface area contributed by atoms with Crippen LogP contribution in [0.5, 0.6) is 0 Å². The summed E-state index contributed by atoms with van der Waals surface area (Å²) in [5.74, 6) is -1.00. The minimum Gasteiger partial charge on any atom is -0.478 e. The number of benzene rings is 1. The van der Waals surface area contributed by atoms with Crippen LogP contribution in [0.25, 0.3) is 10.1 Å². The van der Waals surface area contributed by atoms with Gasteiger partial charge in [0, 0.05) is 15.8 Å². The van der Waals surface area contributed by atoms with Crippen molar-refractivity contribution in [2.24, 2.45) is 0 Å². The Morgan fingerprint density at radius 3 is 2.71 bits per heavy atom. The molecule has 5 N–H and O–H groups in total. The van der Waals surface area contributed by atoms with E-state index in [0.29, 0.717) is 16.1 Å². The van der Waals surface area contributed by atoms with Crippen LogP contribution in [0.3, 0.4) is 0 Å². The Bertz CT molecular complexity index is 519. The summed E-state index contributed by atoms with van der Waals surface area (Å²) in [5.41, 5.74) is 12.0. The second-order valence-electron chi connectivity index (χ2n) is 2.90. The first kappa shape index (κ1) is 8.83. The van der Waals surface area contributed by atoms with Crippen LogP contribution in [0.1, 0.15) is 10.4 Å². The summed E-state index contributed by atoms with van der Waals surface area (Å²) in [5, 5.41) is 9.88. The molecule has 0 unspecified atom stereocenters. The minimum absolute atomic E-state index is 0.171. The highest BCUT2D eigenvalue weighted by Gasteiger charge is 2.15. The highest BCUT2D eigenvalue weighted by atomic mass is 32.1. The molecule has 0 amide bonds. The third-order valence-corrected chi connectivity index (χ3v) is 2.94. The number of thiophene rings is 1. The number of rotatable bonds is 1. The molecule has 4 nitrogen and oxygen atoms in total. The summed E-state index contributed by atoms with van der Waals surface area (Å²) in [6.07, 6.45) is 0. The van der Waals surface area contributed by atoms with Gasteiger partial charge in [-0.3, -0.25) is 0 Å². The van der Waals surface area contributed by atoms with Crippen LogP contribution < -0.4 is 11.5 Å². The second-order valence-corrected chi connectivity index (χ2v) is 3.99. The number of hydrogen-bond acceptors (Lipinski definition) is 4. The van der Waals surface area contributed by atoms with E-state index in [2.05, 4.69) is 0 Å². The SMILES string of the molecule is Nc1ccc2c(C(=O)O)c(N)sc2c1. The number of carbonyl (C=O) groups is 1. The van der Waals surface area contributed by atoms with Crippen LogP contribution in [0.2, 0.25) is 0 Å². The van der Waals surface area contributed by atoms with Crippen LogP contribution in [-0.4, -0.2) is 11.1 Å². The van der Waals surface area contributed by atoms with Gasteiger partial charge in [-0.1, -0.05) is 6.07 Å². The molecular formula is C9H8N2O2S. The van der Waals surface area contributed by atoms with Crippen LogP contribution in [-0.2, 0) is 0 Å². The van der Waals surface area contributed by atoms with E-state index in [4.69, 9.17) is 16.6 Å². The van der Waals surface area contributed by atoms with Crippen molar-refractivity contribution >= 4 is 38.1 Å². The van der Waals surface area contributed by atoms with Gasteiger partial charge >= 0.3 is 5.97 Å². The summed E-state index contributed by atoms with van der Waals surface area (Å²) in [6, 6.07) is 5.07. The van der Waals surface area contributed by atoms with Crippen LogP contribution >= 0.6 is 11.3 Å². The lowest BCUT2D eigenvalue weighted by Crippen LogP contribution is -1.98. The number of anilines is 2. The van der Waals surface area contributed by atoms with Crippen molar-refractivity contribution in [3.8, 4) is 0 Å². The maximum absolute atomic E-state index is 10.9. The molecule has 2 rings (SSSR count). The van der Waals surface area contributed by atoms with Gasteiger partial charge in [0.1, 0.15) is 10.6 Å². The predicted octanol–water partition coefficient (Wildman–Crippen LogP) is 1.76. The summed E-state index contributed by atoms with van der Waals surface area (Å²) >= 11 is 1.24. The Morgan fingerprint density at radius 1 is 1.36 bits per heavy atom. The lowest BCUT2D eigenvalue weighted by Gasteiger charge is -1.94. The van der Waals surface area contributed by atoms with Gasteiger partial charge in [-0.05, 0) is 12.1 Å². The van der Waals surface area contributed by atoms with Crippen LogP contribution in [0.4, 0.5) is 10.7 Å². The average Bonchev–Trinajstić information content (AvgIpc) is 2.39. The molecule has 0 spiro atoms. The van der Waals surface area contributed by atoms with E-state index in [1.165, 1.54) is 11.3 Å². The molecule has 0 atom stereocenters. The van der Waals surface area contributed by atoms with E-state index in [1.54, 1.807) is 18.2 Å². The molecular weight excluding hydrogens is 200 g/mol. The molecule has 0 aliphatic carbocycles. The molecule has 0 radical (unpaired) electrons. The number of fused-ring (bicyclic) bond motifs is 1. The number of hydrogen-bond donors (Lipinski definition) is 3. The molecule has 2 aromatic rings. The molecule has 1 aromatic carbocycles. The van der Waals surface area contributed by atoms with Gasteiger partial charge in [-0.25, -0.2) is 4.79 Å². The van der Waals surface area contributed by atoms with E-state index in [1.807, 2.05) is 0 Å². The fourth-order valence-corrected chi connectivity index (χ4v) is 2.36. The summed E-state index contributed by atoms with van der Waals surface area (Å²) in [7, 11) is 0. The lowest BCUT2D eigenvalue weighted by atomic mass is 10.1. The van der Waals surface area contributed by atoms with Crippen LogP contribution in [0, 0.1) is 0 Å². The number of nitrogen functional groups attached to an aromatic ring is 2. The number of aromatic carboxylic acids is 1. The molecule has 1 aromatic heterocycles. The van der Waals surface area contributed by atoms with Gasteiger partial charge < -0.3 is 16.6 Å². The van der Waals surface area contributed by atoms with Crippen molar-refractivity contribution < 1.29 is 9.90 Å². The Balaban J connectivity index is 2.84. The maximum atomic E-state index is 10.9.